The summed E-state index contributed by atoms with van der Waals surface area (Å²) in [4.78, 5) is 16.5. The molecule has 0 unspecified atom stereocenters. The van der Waals surface area contributed by atoms with Crippen molar-refractivity contribution in [2.24, 2.45) is 0 Å². The molecule has 2 rings (SSSR count). The number of carbonyl (C=O) groups is 1. The summed E-state index contributed by atoms with van der Waals surface area (Å²) in [5, 5.41) is 0.711. The van der Waals surface area contributed by atoms with Crippen LogP contribution in [0.4, 0.5) is 0 Å². The number of aryl methyl sites for hydroxylation is 2. The second-order valence-corrected chi connectivity index (χ2v) is 4.74. The van der Waals surface area contributed by atoms with Gasteiger partial charge in [0.05, 0.1) is 7.11 Å². The second kappa shape index (κ2) is 4.71. The van der Waals surface area contributed by atoms with Crippen LogP contribution in [0.5, 0.6) is 0 Å². The van der Waals surface area contributed by atoms with Crippen LogP contribution in [0.1, 0.15) is 28.0 Å². The number of aromatic nitrogens is 1. The molecule has 2 aromatic rings. The number of ether oxygens (including phenoxy) is 1. The van der Waals surface area contributed by atoms with Gasteiger partial charge < -0.3 is 9.15 Å². The Hall–Kier alpha value is -1.62. The van der Waals surface area contributed by atoms with Crippen LogP contribution in [-0.2, 0) is 11.2 Å². The van der Waals surface area contributed by atoms with Crippen LogP contribution < -0.4 is 0 Å². The van der Waals surface area contributed by atoms with Gasteiger partial charge in [-0.1, -0.05) is 6.92 Å². The summed E-state index contributed by atoms with van der Waals surface area (Å²) >= 11 is 1.43. The number of esters is 1. The number of methoxy groups -OCH3 is 1. The molecule has 90 valence electrons. The molecule has 0 amide bonds. The van der Waals surface area contributed by atoms with E-state index < -0.39 is 5.97 Å². The molecule has 0 N–H and O–H groups in total. The summed E-state index contributed by atoms with van der Waals surface area (Å²) in [6.45, 7) is 3.87. The van der Waals surface area contributed by atoms with Crippen molar-refractivity contribution in [2.75, 3.05) is 7.11 Å². The highest BCUT2D eigenvalue weighted by Crippen LogP contribution is 2.29. The van der Waals surface area contributed by atoms with Gasteiger partial charge in [-0.05, 0) is 19.1 Å². The number of carbonyl (C=O) groups excluding carboxylic acids is 1. The minimum Gasteiger partial charge on any atom is -0.464 e. The first kappa shape index (κ1) is 11.9. The minimum absolute atomic E-state index is 0.363. The minimum atomic E-state index is -0.410. The van der Waals surface area contributed by atoms with Crippen molar-refractivity contribution in [3.05, 3.63) is 28.5 Å². The van der Waals surface area contributed by atoms with E-state index in [9.17, 15) is 4.79 Å². The fraction of sp³-hybridized carbons (Fsp3) is 0.333. The molecule has 0 bridgehead atoms. The predicted octanol–water partition coefficient (Wildman–Crippen LogP) is 3.06. The lowest BCUT2D eigenvalue weighted by Gasteiger charge is -1.93. The largest absolute Gasteiger partial charge is 0.464 e. The van der Waals surface area contributed by atoms with Crippen LogP contribution in [0.15, 0.2) is 16.5 Å². The smallest absolute Gasteiger partial charge is 0.357 e. The fourth-order valence-electron chi connectivity index (χ4n) is 1.47. The van der Waals surface area contributed by atoms with E-state index in [1.54, 1.807) is 0 Å². The molecule has 0 saturated heterocycles. The van der Waals surface area contributed by atoms with E-state index in [2.05, 4.69) is 9.72 Å². The Bertz CT molecular complexity index is 542. The number of hydrogen-bond donors (Lipinski definition) is 0. The zero-order chi connectivity index (χ0) is 12.4. The summed E-state index contributed by atoms with van der Waals surface area (Å²) in [7, 11) is 1.35. The van der Waals surface area contributed by atoms with Gasteiger partial charge in [-0.25, -0.2) is 9.78 Å². The van der Waals surface area contributed by atoms with Gasteiger partial charge in [-0.15, -0.1) is 11.3 Å². The molecule has 4 nitrogen and oxygen atoms in total. The lowest BCUT2D eigenvalue weighted by atomic mass is 10.3. The van der Waals surface area contributed by atoms with Crippen molar-refractivity contribution in [2.45, 2.75) is 20.3 Å². The third-order valence-corrected chi connectivity index (χ3v) is 3.38. The zero-order valence-electron chi connectivity index (χ0n) is 9.94. The molecule has 0 atom stereocenters. The molecule has 0 spiro atoms. The van der Waals surface area contributed by atoms with Gasteiger partial charge in [0.1, 0.15) is 5.76 Å². The molecular formula is C12H13NO3S. The highest BCUT2D eigenvalue weighted by Gasteiger charge is 2.18. The Balaban J connectivity index is 2.37. The highest BCUT2D eigenvalue weighted by molar-refractivity contribution is 7.15. The number of thiazole rings is 1. The number of hydrogen-bond acceptors (Lipinski definition) is 5. The van der Waals surface area contributed by atoms with Gasteiger partial charge in [0.25, 0.3) is 0 Å². The quantitative estimate of drug-likeness (QED) is 0.787. The van der Waals surface area contributed by atoms with Gasteiger partial charge >= 0.3 is 5.97 Å². The maximum atomic E-state index is 11.4. The number of rotatable bonds is 3. The predicted molar refractivity (Wildman–Crippen MR) is 65.3 cm³/mol. The van der Waals surface area contributed by atoms with E-state index in [0.717, 1.165) is 17.1 Å². The van der Waals surface area contributed by atoms with Crippen LogP contribution in [0.25, 0.3) is 10.8 Å². The van der Waals surface area contributed by atoms with E-state index in [-0.39, 0.29) is 0 Å². The molecule has 0 aliphatic carbocycles. The molecule has 17 heavy (non-hydrogen) atoms. The maximum Gasteiger partial charge on any atom is 0.357 e. The summed E-state index contributed by atoms with van der Waals surface area (Å²) in [6.07, 6.45) is 0.841. The molecule has 0 aliphatic heterocycles. The first-order valence-electron chi connectivity index (χ1n) is 5.30. The standard InChI is InChI=1S/C12H13NO3S/c1-4-8-5-6-9(16-8)11-13-10(7(2)17-11)12(14)15-3/h5-6H,4H2,1-3H3. The lowest BCUT2D eigenvalue weighted by Crippen LogP contribution is -2.02. The summed E-state index contributed by atoms with van der Waals surface area (Å²) in [5.41, 5.74) is 0.363. The van der Waals surface area contributed by atoms with Crippen LogP contribution in [-0.4, -0.2) is 18.1 Å². The van der Waals surface area contributed by atoms with Gasteiger partial charge in [0.2, 0.25) is 0 Å². The van der Waals surface area contributed by atoms with E-state index in [0.29, 0.717) is 16.5 Å². The van der Waals surface area contributed by atoms with Crippen molar-refractivity contribution in [3.63, 3.8) is 0 Å². The molecule has 2 aromatic heterocycles. The molecule has 5 heteroatoms. The van der Waals surface area contributed by atoms with Gasteiger partial charge in [-0.3, -0.25) is 0 Å². The normalized spacial score (nSPS) is 10.5. The van der Waals surface area contributed by atoms with Crippen LogP contribution >= 0.6 is 11.3 Å². The monoisotopic (exact) mass is 251 g/mol. The number of furan rings is 1. The maximum absolute atomic E-state index is 11.4. The van der Waals surface area contributed by atoms with Gasteiger partial charge in [0, 0.05) is 11.3 Å². The molecule has 2 heterocycles. The first-order chi connectivity index (χ1) is 8.15. The highest BCUT2D eigenvalue weighted by atomic mass is 32.1. The summed E-state index contributed by atoms with van der Waals surface area (Å²) < 4.78 is 10.3. The average Bonchev–Trinajstić information content (AvgIpc) is 2.94. The zero-order valence-corrected chi connectivity index (χ0v) is 10.8. The molecule has 0 saturated carbocycles. The van der Waals surface area contributed by atoms with E-state index >= 15 is 0 Å². The Morgan fingerprint density at radius 3 is 2.88 bits per heavy atom. The summed E-state index contributed by atoms with van der Waals surface area (Å²) in [5.74, 6) is 1.20. The van der Waals surface area contributed by atoms with E-state index in [1.807, 2.05) is 26.0 Å². The first-order valence-corrected chi connectivity index (χ1v) is 6.12. The Morgan fingerprint density at radius 1 is 1.53 bits per heavy atom. The van der Waals surface area contributed by atoms with Crippen molar-refractivity contribution < 1.29 is 13.9 Å². The average molecular weight is 251 g/mol. The lowest BCUT2D eigenvalue weighted by molar-refractivity contribution is 0.0594. The van der Waals surface area contributed by atoms with Crippen molar-refractivity contribution in [3.8, 4) is 10.8 Å². The third kappa shape index (κ3) is 2.24. The van der Waals surface area contributed by atoms with Crippen molar-refractivity contribution in [1.82, 2.24) is 4.98 Å². The Morgan fingerprint density at radius 2 is 2.29 bits per heavy atom. The van der Waals surface area contributed by atoms with Crippen LogP contribution in [0.3, 0.4) is 0 Å². The molecule has 0 aliphatic rings. The van der Waals surface area contributed by atoms with Gasteiger partial charge in [-0.2, -0.15) is 0 Å². The molecular weight excluding hydrogens is 238 g/mol. The van der Waals surface area contributed by atoms with E-state index in [4.69, 9.17) is 4.42 Å². The van der Waals surface area contributed by atoms with Crippen molar-refractivity contribution >= 4 is 17.3 Å². The van der Waals surface area contributed by atoms with Crippen LogP contribution in [0.2, 0.25) is 0 Å². The van der Waals surface area contributed by atoms with Gasteiger partial charge in [0.15, 0.2) is 16.5 Å². The Labute approximate surface area is 103 Å². The van der Waals surface area contributed by atoms with Crippen LogP contribution in [0, 0.1) is 6.92 Å². The SMILES string of the molecule is CCc1ccc(-c2nc(C(=O)OC)c(C)s2)o1. The fourth-order valence-corrected chi connectivity index (χ4v) is 2.33. The summed E-state index contributed by atoms with van der Waals surface area (Å²) in [6, 6.07) is 3.79. The Kier molecular flexibility index (Phi) is 3.28. The van der Waals surface area contributed by atoms with Crippen molar-refractivity contribution in [1.29, 1.82) is 0 Å². The van der Waals surface area contributed by atoms with E-state index in [1.165, 1.54) is 18.4 Å². The second-order valence-electron chi connectivity index (χ2n) is 3.53. The molecule has 0 fully saturated rings. The molecule has 0 radical (unpaired) electrons. The molecule has 0 aromatic carbocycles. The topological polar surface area (TPSA) is 52.3 Å². The third-order valence-electron chi connectivity index (χ3n) is 2.40. The number of nitrogens with zero attached hydrogens (tertiary/aromatic N) is 1.